The smallest absolute Gasteiger partial charge is 0.296 e. The lowest BCUT2D eigenvalue weighted by atomic mass is 10.1. The molecule has 2 N–H and O–H groups in total. The van der Waals surface area contributed by atoms with Crippen molar-refractivity contribution >= 4 is 23.1 Å². The number of aliphatic hydroxyl groups excluding tert-OH is 1. The molecule has 3 rings (SSSR count). The quantitative estimate of drug-likeness (QED) is 0.793. The van der Waals surface area contributed by atoms with E-state index in [9.17, 15) is 14.0 Å². The van der Waals surface area contributed by atoms with Crippen molar-refractivity contribution in [3.8, 4) is 0 Å². The lowest BCUT2D eigenvalue weighted by Crippen LogP contribution is -2.29. The molecule has 0 saturated heterocycles. The van der Waals surface area contributed by atoms with Crippen molar-refractivity contribution in [3.63, 3.8) is 0 Å². The number of halogens is 1. The Morgan fingerprint density at radius 1 is 1.37 bits per heavy atom. The number of ketones is 1. The monoisotopic (exact) mass is 264 g/mol. The lowest BCUT2D eigenvalue weighted by molar-refractivity contribution is -0.112. The van der Waals surface area contributed by atoms with Gasteiger partial charge in [0.05, 0.1) is 23.5 Å². The molecule has 1 aromatic rings. The number of carbonyl (C=O) groups excluding carboxylic acids is 2. The van der Waals surface area contributed by atoms with Gasteiger partial charge in [-0.05, 0) is 25.0 Å². The summed E-state index contributed by atoms with van der Waals surface area (Å²) in [5.41, 5.74) is 0.742. The molecule has 5 nitrogen and oxygen atoms in total. The fourth-order valence-electron chi connectivity index (χ4n) is 2.37. The maximum absolute atomic E-state index is 14.1. The van der Waals surface area contributed by atoms with Crippen molar-refractivity contribution in [2.45, 2.75) is 18.9 Å². The van der Waals surface area contributed by atoms with Gasteiger partial charge >= 0.3 is 0 Å². The molecule has 1 aliphatic carbocycles. The molecule has 1 amide bonds. The molecule has 0 bridgehead atoms. The number of hydrogen-bond acceptors (Lipinski definition) is 4. The Balaban J connectivity index is 2.01. The number of benzene rings is 1. The Morgan fingerprint density at radius 3 is 2.74 bits per heavy atom. The van der Waals surface area contributed by atoms with Crippen LogP contribution in [0.1, 0.15) is 23.2 Å². The molecule has 6 heteroatoms. The predicted octanol–water partition coefficient (Wildman–Crippen LogP) is 0.922. The Kier molecular flexibility index (Phi) is 2.74. The zero-order valence-electron chi connectivity index (χ0n) is 10.1. The van der Waals surface area contributed by atoms with E-state index < -0.39 is 17.5 Å². The number of amides is 1. The minimum Gasteiger partial charge on any atom is -0.395 e. The summed E-state index contributed by atoms with van der Waals surface area (Å²) < 4.78 is 14.1. The zero-order chi connectivity index (χ0) is 13.6. The second kappa shape index (κ2) is 4.31. The van der Waals surface area contributed by atoms with E-state index in [-0.39, 0.29) is 18.2 Å². The molecule has 1 heterocycles. The molecule has 0 radical (unpaired) electrons. The maximum Gasteiger partial charge on any atom is 0.296 e. The van der Waals surface area contributed by atoms with Crippen molar-refractivity contribution < 1.29 is 19.1 Å². The van der Waals surface area contributed by atoms with Crippen molar-refractivity contribution in [2.75, 3.05) is 23.4 Å². The van der Waals surface area contributed by atoms with Crippen molar-refractivity contribution in [1.29, 1.82) is 0 Å². The number of nitrogens with one attached hydrogen (secondary N) is 1. The van der Waals surface area contributed by atoms with Crippen molar-refractivity contribution in [2.24, 2.45) is 0 Å². The maximum atomic E-state index is 14.1. The molecule has 0 unspecified atom stereocenters. The average molecular weight is 264 g/mol. The minimum atomic E-state index is -0.730. The molecule has 1 aliphatic heterocycles. The van der Waals surface area contributed by atoms with Gasteiger partial charge in [-0.1, -0.05) is 0 Å². The van der Waals surface area contributed by atoms with Crippen LogP contribution in [0.15, 0.2) is 12.1 Å². The van der Waals surface area contributed by atoms with E-state index in [1.54, 1.807) is 4.90 Å². The van der Waals surface area contributed by atoms with Gasteiger partial charge in [0.1, 0.15) is 5.82 Å². The first-order valence-electron chi connectivity index (χ1n) is 6.18. The SMILES string of the molecule is O=C1Nc2cc(N(CCO)C3CC3)c(F)cc2C1=O. The van der Waals surface area contributed by atoms with Crippen LogP contribution in [0.3, 0.4) is 0 Å². The van der Waals surface area contributed by atoms with E-state index in [1.165, 1.54) is 6.07 Å². The van der Waals surface area contributed by atoms with Crippen molar-refractivity contribution in [1.82, 2.24) is 0 Å². The van der Waals surface area contributed by atoms with Crippen LogP contribution in [-0.2, 0) is 4.79 Å². The first kappa shape index (κ1) is 12.1. The Morgan fingerprint density at radius 2 is 2.11 bits per heavy atom. The van der Waals surface area contributed by atoms with Gasteiger partial charge in [0.15, 0.2) is 0 Å². The van der Waals surface area contributed by atoms with Crippen LogP contribution in [0.5, 0.6) is 0 Å². The molecule has 100 valence electrons. The van der Waals surface area contributed by atoms with Crippen LogP contribution in [0.4, 0.5) is 15.8 Å². The van der Waals surface area contributed by atoms with Gasteiger partial charge in [-0.2, -0.15) is 0 Å². The summed E-state index contributed by atoms with van der Waals surface area (Å²) in [6.45, 7) is 0.264. The van der Waals surface area contributed by atoms with Crippen molar-refractivity contribution in [3.05, 3.63) is 23.5 Å². The predicted molar refractivity (Wildman–Crippen MR) is 66.8 cm³/mol. The fraction of sp³-hybridized carbons (Fsp3) is 0.385. The van der Waals surface area contributed by atoms with E-state index in [2.05, 4.69) is 5.32 Å². The van der Waals surface area contributed by atoms with Crippen LogP contribution >= 0.6 is 0 Å². The van der Waals surface area contributed by atoms with Crippen LogP contribution in [-0.4, -0.2) is 36.0 Å². The Hall–Kier alpha value is -1.95. The number of nitrogens with zero attached hydrogens (tertiary/aromatic N) is 1. The summed E-state index contributed by atoms with van der Waals surface area (Å²) in [4.78, 5) is 24.5. The highest BCUT2D eigenvalue weighted by molar-refractivity contribution is 6.51. The first-order valence-corrected chi connectivity index (χ1v) is 6.18. The highest BCUT2D eigenvalue weighted by atomic mass is 19.1. The number of aliphatic hydroxyl groups is 1. The molecule has 0 aromatic heterocycles. The molecule has 0 spiro atoms. The topological polar surface area (TPSA) is 69.6 Å². The summed E-state index contributed by atoms with van der Waals surface area (Å²) in [5.74, 6) is -1.98. The van der Waals surface area contributed by atoms with Crippen LogP contribution in [0.2, 0.25) is 0 Å². The number of hydrogen-bond donors (Lipinski definition) is 2. The van der Waals surface area contributed by atoms with E-state index >= 15 is 0 Å². The van der Waals surface area contributed by atoms with Gasteiger partial charge in [0, 0.05) is 12.6 Å². The third-order valence-electron chi connectivity index (χ3n) is 3.42. The fourth-order valence-corrected chi connectivity index (χ4v) is 2.37. The average Bonchev–Trinajstić information content (AvgIpc) is 3.17. The number of anilines is 2. The van der Waals surface area contributed by atoms with Crippen LogP contribution in [0.25, 0.3) is 0 Å². The molecule has 0 atom stereocenters. The summed E-state index contributed by atoms with van der Waals surface area (Å²) in [6, 6.07) is 2.80. The second-order valence-electron chi connectivity index (χ2n) is 4.78. The highest BCUT2D eigenvalue weighted by Crippen LogP contribution is 2.36. The normalized spacial score (nSPS) is 17.4. The summed E-state index contributed by atoms with van der Waals surface area (Å²) in [6.07, 6.45) is 1.92. The Bertz CT molecular complexity index is 569. The standard InChI is InChI=1S/C13H13FN2O3/c14-9-5-8-10(15-13(19)12(8)18)6-11(9)16(3-4-17)7-1-2-7/h5-7,17H,1-4H2,(H,15,18,19). The van der Waals surface area contributed by atoms with Crippen LogP contribution < -0.4 is 10.2 Å². The molecular weight excluding hydrogens is 251 g/mol. The van der Waals surface area contributed by atoms with Gasteiger partial charge in [0.25, 0.3) is 11.7 Å². The largest absolute Gasteiger partial charge is 0.395 e. The number of fused-ring (bicyclic) bond motifs is 1. The van der Waals surface area contributed by atoms with E-state index in [1.807, 2.05) is 0 Å². The minimum absolute atomic E-state index is 0.0711. The zero-order valence-corrected chi connectivity index (χ0v) is 10.1. The van der Waals surface area contributed by atoms with E-state index in [0.29, 0.717) is 17.9 Å². The number of carbonyl (C=O) groups is 2. The molecule has 1 fully saturated rings. The summed E-state index contributed by atoms with van der Waals surface area (Å²) in [5, 5.41) is 11.5. The summed E-state index contributed by atoms with van der Waals surface area (Å²) >= 11 is 0. The first-order chi connectivity index (χ1) is 9.11. The van der Waals surface area contributed by atoms with Gasteiger partial charge in [-0.15, -0.1) is 0 Å². The molecule has 1 aromatic carbocycles. The summed E-state index contributed by atoms with van der Waals surface area (Å²) in [7, 11) is 0. The second-order valence-corrected chi connectivity index (χ2v) is 4.78. The van der Waals surface area contributed by atoms with Crippen LogP contribution in [0, 0.1) is 5.82 Å². The lowest BCUT2D eigenvalue weighted by Gasteiger charge is -2.24. The Labute approximate surface area is 109 Å². The third kappa shape index (κ3) is 1.98. The number of rotatable bonds is 4. The van der Waals surface area contributed by atoms with E-state index in [4.69, 9.17) is 5.11 Å². The van der Waals surface area contributed by atoms with Gasteiger partial charge in [0.2, 0.25) is 0 Å². The van der Waals surface area contributed by atoms with E-state index in [0.717, 1.165) is 18.9 Å². The molecule has 2 aliphatic rings. The van der Waals surface area contributed by atoms with Gasteiger partial charge in [-0.3, -0.25) is 9.59 Å². The number of Topliss-reactive ketones (excluding diaryl/α,β-unsaturated/α-hetero) is 1. The third-order valence-corrected chi connectivity index (χ3v) is 3.42. The highest BCUT2D eigenvalue weighted by Gasteiger charge is 2.34. The molecule has 1 saturated carbocycles. The van der Waals surface area contributed by atoms with Gasteiger partial charge in [-0.25, -0.2) is 4.39 Å². The molecular formula is C13H13FN2O3. The van der Waals surface area contributed by atoms with Gasteiger partial charge < -0.3 is 15.3 Å². The molecule has 19 heavy (non-hydrogen) atoms.